The molecule has 0 fully saturated rings. The van der Waals surface area contributed by atoms with E-state index in [-0.39, 0.29) is 5.82 Å². The van der Waals surface area contributed by atoms with Crippen LogP contribution in [0.5, 0.6) is 0 Å². The van der Waals surface area contributed by atoms with Crippen LogP contribution in [0.4, 0.5) is 13.2 Å². The number of alkyl halides is 3. The normalized spacial score (nSPS) is 12.0. The summed E-state index contributed by atoms with van der Waals surface area (Å²) >= 11 is 0. The third-order valence-corrected chi connectivity index (χ3v) is 1.12. The molecule has 1 heterocycles. The van der Waals surface area contributed by atoms with Gasteiger partial charge in [-0.3, -0.25) is 0 Å². The second-order valence-corrected chi connectivity index (χ2v) is 1.94. The number of nitrogens with zero attached hydrogens (tertiary/aromatic N) is 3. The molecule has 7 heteroatoms. The minimum absolute atomic E-state index is 0.0253. The van der Waals surface area contributed by atoms with Gasteiger partial charge in [-0.1, -0.05) is 0 Å². The predicted molar refractivity (Wildman–Crippen MR) is 30.9 cm³/mol. The lowest BCUT2D eigenvalue weighted by molar-refractivity contribution is -0.145. The van der Waals surface area contributed by atoms with Crippen molar-refractivity contribution in [3.8, 4) is 0 Å². The second-order valence-electron chi connectivity index (χ2n) is 1.94. The third-order valence-electron chi connectivity index (χ3n) is 1.12. The standard InChI is InChI=1S/C4H3BF3N3/c1-2-9-10-3(11(2)5)4(6,7)8/h1H3. The van der Waals surface area contributed by atoms with E-state index in [1.54, 1.807) is 0 Å². The molecule has 0 N–H and O–H groups in total. The number of rotatable bonds is 0. The van der Waals surface area contributed by atoms with Crippen LogP contribution < -0.4 is 0 Å². The Morgan fingerprint density at radius 3 is 2.09 bits per heavy atom. The summed E-state index contributed by atoms with van der Waals surface area (Å²) < 4.78 is 36.0. The molecule has 1 aromatic heterocycles. The molecule has 0 bridgehead atoms. The fraction of sp³-hybridized carbons (Fsp3) is 0.500. The molecule has 0 spiro atoms. The molecule has 0 aliphatic heterocycles. The van der Waals surface area contributed by atoms with E-state index < -0.39 is 12.0 Å². The highest BCUT2D eigenvalue weighted by atomic mass is 19.4. The van der Waals surface area contributed by atoms with Crippen LogP contribution in [0.25, 0.3) is 0 Å². The fourth-order valence-corrected chi connectivity index (χ4v) is 0.563. The van der Waals surface area contributed by atoms with E-state index in [4.69, 9.17) is 7.98 Å². The average Bonchev–Trinajstić information content (AvgIpc) is 2.11. The zero-order valence-electron chi connectivity index (χ0n) is 5.55. The molecule has 0 aromatic carbocycles. The van der Waals surface area contributed by atoms with Crippen LogP contribution in [0.2, 0.25) is 0 Å². The minimum atomic E-state index is -4.53. The molecule has 0 aliphatic carbocycles. The summed E-state index contributed by atoms with van der Waals surface area (Å²) in [6.45, 7) is 1.34. The molecule has 1 rings (SSSR count). The molecule has 0 aliphatic rings. The monoisotopic (exact) mass is 161 g/mol. The van der Waals surface area contributed by atoms with E-state index in [1.165, 1.54) is 6.92 Å². The maximum atomic E-state index is 11.9. The van der Waals surface area contributed by atoms with Crippen molar-refractivity contribution in [2.45, 2.75) is 13.1 Å². The number of hydrogen-bond acceptors (Lipinski definition) is 2. The van der Waals surface area contributed by atoms with Crippen LogP contribution in [-0.2, 0) is 6.18 Å². The Balaban J connectivity index is 3.15. The lowest BCUT2D eigenvalue weighted by Crippen LogP contribution is -2.14. The van der Waals surface area contributed by atoms with Crippen molar-refractivity contribution in [3.05, 3.63) is 11.6 Å². The SMILES string of the molecule is [B]n1c(C)nnc1C(F)(F)F. The van der Waals surface area contributed by atoms with Gasteiger partial charge in [-0.25, -0.2) is 0 Å². The number of aryl methyl sites for hydroxylation is 1. The quantitative estimate of drug-likeness (QED) is 0.519. The first-order chi connectivity index (χ1) is 4.93. The number of halogens is 3. The van der Waals surface area contributed by atoms with Crippen molar-refractivity contribution in [3.63, 3.8) is 0 Å². The number of aromatic nitrogens is 3. The molecule has 0 saturated carbocycles. The molecule has 58 valence electrons. The van der Waals surface area contributed by atoms with Crippen LogP contribution in [0, 0.1) is 6.92 Å². The first kappa shape index (κ1) is 8.09. The summed E-state index contributed by atoms with van der Waals surface area (Å²) in [5.74, 6) is -1.16. The van der Waals surface area contributed by atoms with E-state index in [9.17, 15) is 13.2 Å². The molecular weight excluding hydrogens is 158 g/mol. The van der Waals surface area contributed by atoms with Gasteiger partial charge in [0.15, 0.2) is 0 Å². The molecule has 11 heavy (non-hydrogen) atoms. The van der Waals surface area contributed by atoms with Gasteiger partial charge in [-0.2, -0.15) is 13.2 Å². The van der Waals surface area contributed by atoms with Gasteiger partial charge in [0.1, 0.15) is 5.82 Å². The Morgan fingerprint density at radius 1 is 1.36 bits per heavy atom. The van der Waals surface area contributed by atoms with Gasteiger partial charge in [-0.05, 0) is 6.92 Å². The highest BCUT2D eigenvalue weighted by Gasteiger charge is 2.36. The Kier molecular flexibility index (Phi) is 1.65. The molecule has 0 saturated heterocycles. The van der Waals surface area contributed by atoms with E-state index in [1.807, 2.05) is 0 Å². The third kappa shape index (κ3) is 1.36. The van der Waals surface area contributed by atoms with E-state index in [2.05, 4.69) is 10.2 Å². The molecule has 0 unspecified atom stereocenters. The molecule has 3 nitrogen and oxygen atoms in total. The average molecular weight is 161 g/mol. The van der Waals surface area contributed by atoms with Gasteiger partial charge in [-0.15, -0.1) is 10.2 Å². The van der Waals surface area contributed by atoms with Crippen molar-refractivity contribution >= 4 is 7.98 Å². The summed E-state index contributed by atoms with van der Waals surface area (Å²) in [4.78, 5) is 0. The van der Waals surface area contributed by atoms with Crippen molar-refractivity contribution in [1.82, 2.24) is 14.7 Å². The van der Waals surface area contributed by atoms with Crippen LogP contribution in [0.3, 0.4) is 0 Å². The van der Waals surface area contributed by atoms with Crippen molar-refractivity contribution < 1.29 is 13.2 Å². The Bertz CT molecular complexity index is 266. The lowest BCUT2D eigenvalue weighted by atomic mass is 10.3. The molecule has 0 atom stereocenters. The van der Waals surface area contributed by atoms with Crippen LogP contribution >= 0.6 is 0 Å². The lowest BCUT2D eigenvalue weighted by Gasteiger charge is -2.04. The first-order valence-electron chi connectivity index (χ1n) is 2.67. The zero-order chi connectivity index (χ0) is 8.65. The molecule has 1 aromatic rings. The van der Waals surface area contributed by atoms with Crippen LogP contribution in [0.1, 0.15) is 11.6 Å². The topological polar surface area (TPSA) is 30.7 Å². The molecular formula is C4H3BF3N3. The van der Waals surface area contributed by atoms with Gasteiger partial charge in [0.25, 0.3) is 0 Å². The fourth-order valence-electron chi connectivity index (χ4n) is 0.563. The number of hydrogen-bond donors (Lipinski definition) is 0. The first-order valence-corrected chi connectivity index (χ1v) is 2.67. The van der Waals surface area contributed by atoms with Gasteiger partial charge >= 0.3 is 6.18 Å². The summed E-state index contributed by atoms with van der Waals surface area (Å²) in [5, 5.41) is 6.00. The van der Waals surface area contributed by atoms with E-state index in [0.717, 1.165) is 0 Å². The molecule has 0 amide bonds. The highest BCUT2D eigenvalue weighted by Crippen LogP contribution is 2.26. The minimum Gasteiger partial charge on any atom is -0.365 e. The smallest absolute Gasteiger partial charge is 0.365 e. The van der Waals surface area contributed by atoms with Gasteiger partial charge < -0.3 is 4.48 Å². The second kappa shape index (κ2) is 2.25. The van der Waals surface area contributed by atoms with Crippen molar-refractivity contribution in [2.75, 3.05) is 0 Å². The van der Waals surface area contributed by atoms with Gasteiger partial charge in [0.2, 0.25) is 13.8 Å². The summed E-state index contributed by atoms with van der Waals surface area (Å²) in [5.41, 5.74) is 0. The van der Waals surface area contributed by atoms with E-state index in [0.29, 0.717) is 4.48 Å². The molecule has 2 radical (unpaired) electrons. The van der Waals surface area contributed by atoms with Gasteiger partial charge in [0, 0.05) is 0 Å². The Morgan fingerprint density at radius 2 is 1.91 bits per heavy atom. The Labute approximate surface area is 61.7 Å². The van der Waals surface area contributed by atoms with Crippen molar-refractivity contribution in [2.24, 2.45) is 0 Å². The van der Waals surface area contributed by atoms with Crippen molar-refractivity contribution in [1.29, 1.82) is 0 Å². The summed E-state index contributed by atoms with van der Waals surface area (Å²) in [7, 11) is 4.96. The zero-order valence-corrected chi connectivity index (χ0v) is 5.55. The highest BCUT2D eigenvalue weighted by molar-refractivity contribution is 6.07. The van der Waals surface area contributed by atoms with Crippen LogP contribution in [-0.4, -0.2) is 22.7 Å². The largest absolute Gasteiger partial charge is 0.450 e. The maximum Gasteiger partial charge on any atom is 0.450 e. The Hall–Kier alpha value is -1.01. The summed E-state index contributed by atoms with van der Waals surface area (Å²) in [6, 6.07) is 0. The van der Waals surface area contributed by atoms with Crippen LogP contribution in [0.15, 0.2) is 0 Å². The maximum absolute atomic E-state index is 11.9. The van der Waals surface area contributed by atoms with E-state index >= 15 is 0 Å². The summed E-state index contributed by atoms with van der Waals surface area (Å²) in [6.07, 6.45) is -4.53. The van der Waals surface area contributed by atoms with Gasteiger partial charge in [0.05, 0.1) is 0 Å². The predicted octanol–water partition coefficient (Wildman–Crippen LogP) is 0.537.